The largest absolute Gasteiger partial charge is 0.460 e. The van der Waals surface area contributed by atoms with E-state index in [1.165, 1.54) is 6.92 Å². The molecule has 0 saturated heterocycles. The summed E-state index contributed by atoms with van der Waals surface area (Å²) in [5.41, 5.74) is 0. The van der Waals surface area contributed by atoms with Crippen LogP contribution in [0.5, 0.6) is 0 Å². The first kappa shape index (κ1) is 9.81. The third-order valence-corrected chi connectivity index (χ3v) is 1.01. The molecule has 0 aromatic heterocycles. The molecule has 0 heterocycles. The number of carbonyl (C=O) groups excluding carboxylic acids is 2. The maximum absolute atomic E-state index is 10.6. The van der Waals surface area contributed by atoms with Gasteiger partial charge in [-0.15, -0.1) is 0 Å². The van der Waals surface area contributed by atoms with Crippen molar-refractivity contribution in [3.05, 3.63) is 0 Å². The highest BCUT2D eigenvalue weighted by atomic mass is 16.5. The molecule has 0 saturated carbocycles. The van der Waals surface area contributed by atoms with E-state index in [2.05, 4.69) is 4.74 Å². The molecule has 0 aromatic carbocycles. The number of ketones is 1. The molecule has 0 spiro atoms. The Labute approximate surface area is 65.1 Å². The summed E-state index contributed by atoms with van der Waals surface area (Å²) in [6.07, 6.45) is 1.33. The van der Waals surface area contributed by atoms with Gasteiger partial charge in [0, 0.05) is 12.6 Å². The van der Waals surface area contributed by atoms with Crippen molar-refractivity contribution in [2.75, 3.05) is 6.61 Å². The van der Waals surface area contributed by atoms with Gasteiger partial charge in [-0.3, -0.25) is 4.79 Å². The van der Waals surface area contributed by atoms with Crippen LogP contribution in [-0.2, 0) is 14.3 Å². The molecule has 1 N–H and O–H groups in total. The fourth-order valence-corrected chi connectivity index (χ4v) is 0.485. The summed E-state index contributed by atoms with van der Waals surface area (Å²) in [6.45, 7) is 1.42. The molecule has 4 heteroatoms. The maximum Gasteiger partial charge on any atom is 0.306 e. The molecule has 0 fully saturated rings. The standard InChI is InChI=1S/C7H11NO3/c1-6(9)2-3-7(10)11-5-4-8/h4,8H,2-3,5H2,1H3. The lowest BCUT2D eigenvalue weighted by Crippen LogP contribution is -2.07. The number of esters is 1. The van der Waals surface area contributed by atoms with Crippen molar-refractivity contribution in [3.8, 4) is 0 Å². The van der Waals surface area contributed by atoms with E-state index in [0.29, 0.717) is 0 Å². The fourth-order valence-electron chi connectivity index (χ4n) is 0.485. The van der Waals surface area contributed by atoms with Gasteiger partial charge in [0.1, 0.15) is 12.4 Å². The fraction of sp³-hybridized carbons (Fsp3) is 0.571. The second-order valence-corrected chi connectivity index (χ2v) is 2.09. The van der Waals surface area contributed by atoms with Crippen molar-refractivity contribution in [1.29, 1.82) is 5.41 Å². The lowest BCUT2D eigenvalue weighted by atomic mass is 10.2. The van der Waals surface area contributed by atoms with Crippen LogP contribution in [0.3, 0.4) is 0 Å². The highest BCUT2D eigenvalue weighted by Gasteiger charge is 2.02. The van der Waals surface area contributed by atoms with Gasteiger partial charge in [0.05, 0.1) is 6.42 Å². The second-order valence-electron chi connectivity index (χ2n) is 2.09. The summed E-state index contributed by atoms with van der Waals surface area (Å²) in [5, 5.41) is 6.54. The van der Waals surface area contributed by atoms with E-state index in [1.54, 1.807) is 0 Å². The van der Waals surface area contributed by atoms with Gasteiger partial charge in [-0.25, -0.2) is 0 Å². The molecular formula is C7H11NO3. The van der Waals surface area contributed by atoms with Gasteiger partial charge in [-0.2, -0.15) is 0 Å². The molecule has 4 nitrogen and oxygen atoms in total. The van der Waals surface area contributed by atoms with Gasteiger partial charge < -0.3 is 14.9 Å². The van der Waals surface area contributed by atoms with Crippen LogP contribution in [0.4, 0.5) is 0 Å². The van der Waals surface area contributed by atoms with Crippen molar-refractivity contribution >= 4 is 18.0 Å². The van der Waals surface area contributed by atoms with Crippen molar-refractivity contribution < 1.29 is 14.3 Å². The van der Waals surface area contributed by atoms with Crippen LogP contribution >= 0.6 is 0 Å². The van der Waals surface area contributed by atoms with E-state index < -0.39 is 5.97 Å². The molecule has 11 heavy (non-hydrogen) atoms. The van der Waals surface area contributed by atoms with Crippen molar-refractivity contribution in [2.45, 2.75) is 19.8 Å². The number of nitrogens with one attached hydrogen (secondary N) is 1. The van der Waals surface area contributed by atoms with E-state index in [-0.39, 0.29) is 25.2 Å². The topological polar surface area (TPSA) is 67.2 Å². The first-order valence-corrected chi connectivity index (χ1v) is 3.31. The zero-order valence-corrected chi connectivity index (χ0v) is 6.42. The quantitative estimate of drug-likeness (QED) is 0.468. The first-order chi connectivity index (χ1) is 5.16. The van der Waals surface area contributed by atoms with Gasteiger partial charge in [-0.05, 0) is 6.92 Å². The van der Waals surface area contributed by atoms with Crippen LogP contribution in [-0.4, -0.2) is 24.6 Å². The molecule has 0 aromatic rings. The van der Waals surface area contributed by atoms with Crippen LogP contribution in [0.25, 0.3) is 0 Å². The Bertz CT molecular complexity index is 165. The highest BCUT2D eigenvalue weighted by molar-refractivity contribution is 5.81. The Hall–Kier alpha value is -1.19. The monoisotopic (exact) mass is 157 g/mol. The summed E-state index contributed by atoms with van der Waals surface area (Å²) in [7, 11) is 0. The Morgan fingerprint density at radius 1 is 1.45 bits per heavy atom. The molecular weight excluding hydrogens is 146 g/mol. The Morgan fingerprint density at radius 2 is 2.09 bits per heavy atom. The minimum Gasteiger partial charge on any atom is -0.460 e. The molecule has 0 aliphatic heterocycles. The van der Waals surface area contributed by atoms with Crippen LogP contribution < -0.4 is 0 Å². The normalized spacial score (nSPS) is 8.82. The van der Waals surface area contributed by atoms with E-state index in [9.17, 15) is 9.59 Å². The van der Waals surface area contributed by atoms with Gasteiger partial charge >= 0.3 is 5.97 Å². The third-order valence-electron chi connectivity index (χ3n) is 1.01. The highest BCUT2D eigenvalue weighted by Crippen LogP contribution is 1.92. The lowest BCUT2D eigenvalue weighted by Gasteiger charge is -1.98. The van der Waals surface area contributed by atoms with Crippen LogP contribution in [0.2, 0.25) is 0 Å². The minimum atomic E-state index is -0.427. The molecule has 0 amide bonds. The van der Waals surface area contributed by atoms with E-state index in [4.69, 9.17) is 5.41 Å². The van der Waals surface area contributed by atoms with Crippen molar-refractivity contribution in [3.63, 3.8) is 0 Å². The summed E-state index contributed by atoms with van der Waals surface area (Å²) in [6, 6.07) is 0. The zero-order chi connectivity index (χ0) is 8.69. The number of carbonyl (C=O) groups is 2. The predicted molar refractivity (Wildman–Crippen MR) is 39.7 cm³/mol. The molecule has 0 radical (unpaired) electrons. The average Bonchev–Trinajstić information content (AvgIpc) is 1.97. The number of rotatable bonds is 5. The third kappa shape index (κ3) is 6.70. The Kier molecular flexibility index (Phi) is 4.98. The van der Waals surface area contributed by atoms with E-state index in [1.807, 2.05) is 0 Å². The average molecular weight is 157 g/mol. The maximum atomic E-state index is 10.6. The number of hydrogen-bond donors (Lipinski definition) is 1. The molecule has 0 rings (SSSR count). The molecule has 0 aliphatic carbocycles. The molecule has 0 atom stereocenters. The van der Waals surface area contributed by atoms with Gasteiger partial charge in [0.25, 0.3) is 0 Å². The second kappa shape index (κ2) is 5.58. The lowest BCUT2D eigenvalue weighted by molar-refractivity contribution is -0.142. The van der Waals surface area contributed by atoms with Gasteiger partial charge in [0.15, 0.2) is 0 Å². The van der Waals surface area contributed by atoms with E-state index in [0.717, 1.165) is 6.21 Å². The first-order valence-electron chi connectivity index (χ1n) is 3.31. The van der Waals surface area contributed by atoms with Crippen molar-refractivity contribution in [1.82, 2.24) is 0 Å². The van der Waals surface area contributed by atoms with Crippen molar-refractivity contribution in [2.24, 2.45) is 0 Å². The molecule has 0 bridgehead atoms. The number of hydrogen-bond acceptors (Lipinski definition) is 4. The minimum absolute atomic E-state index is 0.00324. The van der Waals surface area contributed by atoms with Crippen LogP contribution in [0.1, 0.15) is 19.8 Å². The number of Topliss-reactive ketones (excluding diaryl/α,β-unsaturated/α-hetero) is 1. The Balaban J connectivity index is 3.37. The van der Waals surface area contributed by atoms with Crippen LogP contribution in [0, 0.1) is 5.41 Å². The molecule has 0 unspecified atom stereocenters. The summed E-state index contributed by atoms with van der Waals surface area (Å²) < 4.78 is 4.51. The Morgan fingerprint density at radius 3 is 2.55 bits per heavy atom. The SMILES string of the molecule is CC(=O)CCC(=O)OCC=N. The van der Waals surface area contributed by atoms with Gasteiger partial charge in [-0.1, -0.05) is 0 Å². The summed E-state index contributed by atoms with van der Waals surface area (Å²) in [5.74, 6) is -0.458. The van der Waals surface area contributed by atoms with Gasteiger partial charge in [0.2, 0.25) is 0 Å². The van der Waals surface area contributed by atoms with Crippen LogP contribution in [0.15, 0.2) is 0 Å². The molecule has 0 aliphatic rings. The molecule has 62 valence electrons. The zero-order valence-electron chi connectivity index (χ0n) is 6.42. The number of ether oxygens (including phenoxy) is 1. The summed E-state index contributed by atoms with van der Waals surface area (Å²) in [4.78, 5) is 21.0. The predicted octanol–water partition coefficient (Wildman–Crippen LogP) is 0.548. The van der Waals surface area contributed by atoms with E-state index >= 15 is 0 Å². The summed E-state index contributed by atoms with van der Waals surface area (Å²) >= 11 is 0. The smallest absolute Gasteiger partial charge is 0.306 e.